The maximum atomic E-state index is 13.9. The number of nitrogens with one attached hydrogen (secondary N) is 1. The van der Waals surface area contributed by atoms with Crippen LogP contribution in [0.3, 0.4) is 0 Å². The molecule has 0 spiro atoms. The lowest BCUT2D eigenvalue weighted by molar-refractivity contribution is -0.123. The molecule has 0 saturated carbocycles. The summed E-state index contributed by atoms with van der Waals surface area (Å²) in [7, 11) is -3.97. The van der Waals surface area contributed by atoms with Crippen molar-refractivity contribution in [3.8, 4) is 0 Å². The monoisotopic (exact) mass is 390 g/mol. The lowest BCUT2D eigenvalue weighted by Gasteiger charge is -2.23. The van der Waals surface area contributed by atoms with Gasteiger partial charge in [-0.2, -0.15) is 0 Å². The third-order valence-corrected chi connectivity index (χ3v) is 5.91. The van der Waals surface area contributed by atoms with E-state index in [9.17, 15) is 17.6 Å². The predicted molar refractivity (Wildman–Crippen MR) is 102 cm³/mol. The molecule has 0 unspecified atom stereocenters. The SMILES string of the molecule is Cc1ccc(CS(=O)(=O)NC(=O)[C@H]2CCCN2Cc2ccccc2)c(F)c1. The first kappa shape index (κ1) is 19.5. The van der Waals surface area contributed by atoms with Gasteiger partial charge in [0.2, 0.25) is 10.0 Å². The zero-order valence-electron chi connectivity index (χ0n) is 15.2. The predicted octanol–water partition coefficient (Wildman–Crippen LogP) is 2.74. The van der Waals surface area contributed by atoms with Gasteiger partial charge in [-0.05, 0) is 43.5 Å². The van der Waals surface area contributed by atoms with Crippen molar-refractivity contribution in [2.24, 2.45) is 0 Å². The van der Waals surface area contributed by atoms with Crippen molar-refractivity contribution >= 4 is 15.9 Å². The Morgan fingerprint density at radius 2 is 1.96 bits per heavy atom. The number of aryl methyl sites for hydroxylation is 1. The minimum atomic E-state index is -3.97. The number of carbonyl (C=O) groups excluding carboxylic acids is 1. The fraction of sp³-hybridized carbons (Fsp3) is 0.350. The van der Waals surface area contributed by atoms with Gasteiger partial charge in [0, 0.05) is 12.1 Å². The molecule has 1 heterocycles. The first-order valence-electron chi connectivity index (χ1n) is 8.91. The Kier molecular flexibility index (Phi) is 5.92. The molecule has 1 atom stereocenters. The molecule has 1 saturated heterocycles. The maximum absolute atomic E-state index is 13.9. The van der Waals surface area contributed by atoms with E-state index in [2.05, 4.69) is 4.72 Å². The summed E-state index contributed by atoms with van der Waals surface area (Å²) >= 11 is 0. The number of hydrogen-bond donors (Lipinski definition) is 1. The van der Waals surface area contributed by atoms with Crippen LogP contribution in [0.4, 0.5) is 4.39 Å². The van der Waals surface area contributed by atoms with E-state index in [0.29, 0.717) is 18.5 Å². The van der Waals surface area contributed by atoms with E-state index in [-0.39, 0.29) is 5.56 Å². The van der Waals surface area contributed by atoms with Crippen LogP contribution in [0.2, 0.25) is 0 Å². The van der Waals surface area contributed by atoms with Gasteiger partial charge in [0.05, 0.1) is 11.8 Å². The Balaban J connectivity index is 1.66. The first-order chi connectivity index (χ1) is 12.8. The van der Waals surface area contributed by atoms with E-state index < -0.39 is 33.5 Å². The van der Waals surface area contributed by atoms with Crippen LogP contribution in [0.1, 0.15) is 29.5 Å². The highest BCUT2D eigenvalue weighted by molar-refractivity contribution is 7.89. The van der Waals surface area contributed by atoms with Gasteiger partial charge in [-0.3, -0.25) is 14.4 Å². The van der Waals surface area contributed by atoms with Gasteiger partial charge >= 0.3 is 0 Å². The fourth-order valence-electron chi connectivity index (χ4n) is 3.36. The van der Waals surface area contributed by atoms with Crippen LogP contribution in [0.5, 0.6) is 0 Å². The summed E-state index contributed by atoms with van der Waals surface area (Å²) in [4.78, 5) is 14.5. The Labute approximate surface area is 159 Å². The van der Waals surface area contributed by atoms with Gasteiger partial charge in [-0.15, -0.1) is 0 Å². The van der Waals surface area contributed by atoms with E-state index in [1.54, 1.807) is 13.0 Å². The molecular weight excluding hydrogens is 367 g/mol. The van der Waals surface area contributed by atoms with Gasteiger partial charge in [-0.1, -0.05) is 42.5 Å². The molecule has 0 bridgehead atoms. The molecule has 0 aliphatic carbocycles. The number of amides is 1. The van der Waals surface area contributed by atoms with E-state index in [1.165, 1.54) is 12.1 Å². The average Bonchev–Trinajstić information content (AvgIpc) is 3.06. The van der Waals surface area contributed by atoms with E-state index in [1.807, 2.05) is 35.2 Å². The van der Waals surface area contributed by atoms with Crippen molar-refractivity contribution in [2.75, 3.05) is 6.54 Å². The van der Waals surface area contributed by atoms with Crippen molar-refractivity contribution in [2.45, 2.75) is 38.1 Å². The van der Waals surface area contributed by atoms with E-state index in [0.717, 1.165) is 18.5 Å². The normalized spacial score (nSPS) is 17.8. The van der Waals surface area contributed by atoms with Crippen molar-refractivity contribution in [3.05, 3.63) is 71.0 Å². The molecule has 1 amide bonds. The molecule has 1 N–H and O–H groups in total. The number of carbonyl (C=O) groups is 1. The molecular formula is C20H23FN2O3S. The minimum Gasteiger partial charge on any atom is -0.288 e. The van der Waals surface area contributed by atoms with Crippen molar-refractivity contribution in [1.29, 1.82) is 0 Å². The van der Waals surface area contributed by atoms with Crippen molar-refractivity contribution in [3.63, 3.8) is 0 Å². The molecule has 5 nitrogen and oxygen atoms in total. The number of halogens is 1. The number of sulfonamides is 1. The third kappa shape index (κ3) is 5.14. The van der Waals surface area contributed by atoms with Gasteiger partial charge in [0.15, 0.2) is 0 Å². The Morgan fingerprint density at radius 3 is 2.67 bits per heavy atom. The molecule has 27 heavy (non-hydrogen) atoms. The summed E-state index contributed by atoms with van der Waals surface area (Å²) in [6.07, 6.45) is 1.44. The second-order valence-electron chi connectivity index (χ2n) is 6.93. The summed E-state index contributed by atoms with van der Waals surface area (Å²) in [6.45, 7) is 3.05. The van der Waals surface area contributed by atoms with Crippen LogP contribution < -0.4 is 4.72 Å². The molecule has 7 heteroatoms. The molecule has 1 fully saturated rings. The van der Waals surface area contributed by atoms with Gasteiger partial charge in [0.25, 0.3) is 5.91 Å². The summed E-state index contributed by atoms with van der Waals surface area (Å²) in [5.74, 6) is -1.69. The quantitative estimate of drug-likeness (QED) is 0.824. The van der Waals surface area contributed by atoms with Crippen LogP contribution in [-0.4, -0.2) is 31.8 Å². The average molecular weight is 390 g/mol. The highest BCUT2D eigenvalue weighted by Crippen LogP contribution is 2.21. The lowest BCUT2D eigenvalue weighted by atomic mass is 10.2. The Hall–Kier alpha value is -2.25. The summed E-state index contributed by atoms with van der Waals surface area (Å²) in [6, 6.07) is 13.6. The zero-order valence-corrected chi connectivity index (χ0v) is 16.0. The topological polar surface area (TPSA) is 66.5 Å². The van der Waals surface area contributed by atoms with Crippen molar-refractivity contribution < 1.29 is 17.6 Å². The van der Waals surface area contributed by atoms with Gasteiger partial charge in [-0.25, -0.2) is 12.8 Å². The number of hydrogen-bond acceptors (Lipinski definition) is 4. The molecule has 2 aromatic carbocycles. The van der Waals surface area contributed by atoms with Gasteiger partial charge in [0.1, 0.15) is 5.82 Å². The first-order valence-corrected chi connectivity index (χ1v) is 10.6. The largest absolute Gasteiger partial charge is 0.288 e. The number of nitrogens with zero attached hydrogens (tertiary/aromatic N) is 1. The van der Waals surface area contributed by atoms with Crippen LogP contribution in [0.15, 0.2) is 48.5 Å². The maximum Gasteiger partial charge on any atom is 0.250 e. The summed E-state index contributed by atoms with van der Waals surface area (Å²) in [5.41, 5.74) is 1.83. The summed E-state index contributed by atoms with van der Waals surface area (Å²) in [5, 5.41) is 0. The highest BCUT2D eigenvalue weighted by atomic mass is 32.2. The molecule has 3 rings (SSSR count). The van der Waals surface area contributed by atoms with Gasteiger partial charge < -0.3 is 0 Å². The molecule has 2 aromatic rings. The molecule has 0 radical (unpaired) electrons. The third-order valence-electron chi connectivity index (χ3n) is 4.70. The lowest BCUT2D eigenvalue weighted by Crippen LogP contribution is -2.45. The standard InChI is InChI=1S/C20H23FN2O3S/c1-15-9-10-17(18(21)12-15)14-27(25,26)22-20(24)19-8-5-11-23(19)13-16-6-3-2-4-7-16/h2-4,6-7,9-10,12,19H,5,8,11,13-14H2,1H3,(H,22,24)/t19-/m1/s1. The van der Waals surface area contributed by atoms with Crippen LogP contribution in [-0.2, 0) is 27.1 Å². The highest BCUT2D eigenvalue weighted by Gasteiger charge is 2.32. The second-order valence-corrected chi connectivity index (χ2v) is 8.66. The number of rotatable bonds is 6. The van der Waals surface area contributed by atoms with E-state index >= 15 is 0 Å². The molecule has 1 aliphatic heterocycles. The van der Waals surface area contributed by atoms with E-state index in [4.69, 9.17) is 0 Å². The van der Waals surface area contributed by atoms with Crippen LogP contribution >= 0.6 is 0 Å². The number of benzene rings is 2. The minimum absolute atomic E-state index is 0.0495. The van der Waals surface area contributed by atoms with Crippen LogP contribution in [0, 0.1) is 12.7 Å². The Bertz CT molecular complexity index is 916. The fourth-order valence-corrected chi connectivity index (χ4v) is 4.52. The Morgan fingerprint density at radius 1 is 1.22 bits per heavy atom. The second kappa shape index (κ2) is 8.19. The number of likely N-dealkylation sites (tertiary alicyclic amines) is 1. The molecule has 144 valence electrons. The zero-order chi connectivity index (χ0) is 19.4. The van der Waals surface area contributed by atoms with Crippen molar-refractivity contribution in [1.82, 2.24) is 9.62 Å². The summed E-state index contributed by atoms with van der Waals surface area (Å²) < 4.78 is 40.8. The molecule has 0 aromatic heterocycles. The van der Waals surface area contributed by atoms with Crippen LogP contribution in [0.25, 0.3) is 0 Å². The smallest absolute Gasteiger partial charge is 0.250 e. The molecule has 1 aliphatic rings.